The molecule has 0 saturated heterocycles. The summed E-state index contributed by atoms with van der Waals surface area (Å²) in [6, 6.07) is 3.00. The van der Waals surface area contributed by atoms with E-state index in [1.54, 1.807) is 19.9 Å². The number of aromatic nitrogens is 3. The van der Waals surface area contributed by atoms with Gasteiger partial charge in [-0.05, 0) is 26.8 Å². The summed E-state index contributed by atoms with van der Waals surface area (Å²) in [7, 11) is -3.72. The Morgan fingerprint density at radius 3 is 2.62 bits per heavy atom. The fourth-order valence-corrected chi connectivity index (χ4v) is 3.27. The van der Waals surface area contributed by atoms with Crippen LogP contribution in [0.2, 0.25) is 0 Å². The van der Waals surface area contributed by atoms with Gasteiger partial charge in [0.25, 0.3) is 5.56 Å². The molecule has 1 N–H and O–H groups in total. The Balaban J connectivity index is 2.10. The molecule has 0 bridgehead atoms. The molecule has 0 spiro atoms. The van der Waals surface area contributed by atoms with E-state index in [0.29, 0.717) is 11.4 Å². The van der Waals surface area contributed by atoms with Crippen molar-refractivity contribution in [3.05, 3.63) is 39.6 Å². The van der Waals surface area contributed by atoms with Crippen LogP contribution in [0, 0.1) is 20.8 Å². The topological polar surface area (TPSA) is 107 Å². The van der Waals surface area contributed by atoms with Gasteiger partial charge in [-0.3, -0.25) is 4.79 Å². The van der Waals surface area contributed by atoms with E-state index >= 15 is 0 Å². The summed E-state index contributed by atoms with van der Waals surface area (Å²) in [6.07, 6.45) is 0. The Morgan fingerprint density at radius 1 is 1.29 bits per heavy atom. The van der Waals surface area contributed by atoms with Gasteiger partial charge in [0.2, 0.25) is 10.0 Å². The SMILES string of the molecule is Cc1ccc(=O)n(CCNS(=O)(=O)c2c(C)noc2C)n1. The largest absolute Gasteiger partial charge is 0.360 e. The van der Waals surface area contributed by atoms with Crippen molar-refractivity contribution in [1.29, 1.82) is 0 Å². The van der Waals surface area contributed by atoms with Crippen LogP contribution < -0.4 is 10.3 Å². The average molecular weight is 312 g/mol. The highest BCUT2D eigenvalue weighted by molar-refractivity contribution is 7.89. The first kappa shape index (κ1) is 15.4. The number of nitrogens with zero attached hydrogens (tertiary/aromatic N) is 3. The Kier molecular flexibility index (Phi) is 4.24. The standard InChI is InChI=1S/C12H16N4O4S/c1-8-4-5-11(17)16(14-8)7-6-13-21(18,19)12-9(2)15-20-10(12)3/h4-5,13H,6-7H2,1-3H3. The molecule has 0 aliphatic rings. The zero-order chi connectivity index (χ0) is 15.6. The second-order valence-corrected chi connectivity index (χ2v) is 6.29. The smallest absolute Gasteiger partial charge is 0.266 e. The van der Waals surface area contributed by atoms with Crippen LogP contribution in [-0.4, -0.2) is 29.9 Å². The van der Waals surface area contributed by atoms with E-state index in [0.717, 1.165) is 0 Å². The molecule has 0 aromatic carbocycles. The van der Waals surface area contributed by atoms with E-state index in [2.05, 4.69) is 15.0 Å². The minimum atomic E-state index is -3.72. The zero-order valence-corrected chi connectivity index (χ0v) is 12.8. The summed E-state index contributed by atoms with van der Waals surface area (Å²) in [6.45, 7) is 5.02. The highest BCUT2D eigenvalue weighted by atomic mass is 32.2. The van der Waals surface area contributed by atoms with Crippen molar-refractivity contribution < 1.29 is 12.9 Å². The molecule has 21 heavy (non-hydrogen) atoms. The first-order chi connectivity index (χ1) is 9.81. The lowest BCUT2D eigenvalue weighted by Crippen LogP contribution is -2.32. The van der Waals surface area contributed by atoms with Gasteiger partial charge >= 0.3 is 0 Å². The molecule has 0 unspecified atom stereocenters. The summed E-state index contributed by atoms with van der Waals surface area (Å²) < 4.78 is 32.8. The van der Waals surface area contributed by atoms with E-state index in [1.807, 2.05) is 0 Å². The molecule has 2 aromatic rings. The molecule has 0 aliphatic carbocycles. The second kappa shape index (κ2) is 5.78. The fraction of sp³-hybridized carbons (Fsp3) is 0.417. The summed E-state index contributed by atoms with van der Waals surface area (Å²) in [4.78, 5) is 11.6. The Labute approximate surface area is 121 Å². The van der Waals surface area contributed by atoms with Crippen LogP contribution in [0.5, 0.6) is 0 Å². The van der Waals surface area contributed by atoms with Crippen LogP contribution in [0.1, 0.15) is 17.1 Å². The van der Waals surface area contributed by atoms with Crippen molar-refractivity contribution >= 4 is 10.0 Å². The van der Waals surface area contributed by atoms with Gasteiger partial charge < -0.3 is 4.52 Å². The minimum absolute atomic E-state index is 0.0343. The average Bonchev–Trinajstić information content (AvgIpc) is 2.73. The van der Waals surface area contributed by atoms with Crippen molar-refractivity contribution in [3.8, 4) is 0 Å². The van der Waals surface area contributed by atoms with E-state index in [-0.39, 0.29) is 29.3 Å². The maximum atomic E-state index is 12.2. The third-order valence-corrected chi connectivity index (χ3v) is 4.56. The summed E-state index contributed by atoms with van der Waals surface area (Å²) in [5, 5.41) is 7.64. The molecule has 0 aliphatic heterocycles. The van der Waals surface area contributed by atoms with Crippen LogP contribution in [0.15, 0.2) is 26.3 Å². The molecular weight excluding hydrogens is 296 g/mol. The van der Waals surface area contributed by atoms with Gasteiger partial charge in [-0.1, -0.05) is 5.16 Å². The second-order valence-electron chi connectivity index (χ2n) is 4.59. The van der Waals surface area contributed by atoms with Crippen molar-refractivity contribution in [1.82, 2.24) is 19.7 Å². The molecule has 0 radical (unpaired) electrons. The van der Waals surface area contributed by atoms with Gasteiger partial charge in [-0.25, -0.2) is 17.8 Å². The Morgan fingerprint density at radius 2 is 2.00 bits per heavy atom. The van der Waals surface area contributed by atoms with Crippen molar-refractivity contribution in [2.75, 3.05) is 6.54 Å². The predicted molar refractivity (Wildman–Crippen MR) is 74.4 cm³/mol. The third kappa shape index (κ3) is 3.37. The Bertz CT molecular complexity index is 787. The van der Waals surface area contributed by atoms with E-state index in [9.17, 15) is 13.2 Å². The predicted octanol–water partition coefficient (Wildman–Crippen LogP) is 0.135. The highest BCUT2D eigenvalue weighted by Gasteiger charge is 2.23. The lowest BCUT2D eigenvalue weighted by atomic mass is 10.4. The molecule has 2 heterocycles. The van der Waals surface area contributed by atoms with E-state index < -0.39 is 10.0 Å². The van der Waals surface area contributed by atoms with Crippen molar-refractivity contribution in [3.63, 3.8) is 0 Å². The number of aryl methyl sites for hydroxylation is 3. The number of nitrogens with one attached hydrogen (secondary N) is 1. The van der Waals surface area contributed by atoms with Crippen LogP contribution in [0.25, 0.3) is 0 Å². The fourth-order valence-electron chi connectivity index (χ4n) is 1.93. The van der Waals surface area contributed by atoms with Crippen LogP contribution in [-0.2, 0) is 16.6 Å². The van der Waals surface area contributed by atoms with Gasteiger partial charge in [0.05, 0.1) is 12.2 Å². The van der Waals surface area contributed by atoms with Gasteiger partial charge in [0, 0.05) is 12.6 Å². The normalized spacial score (nSPS) is 11.8. The number of hydrogen-bond donors (Lipinski definition) is 1. The van der Waals surface area contributed by atoms with Crippen molar-refractivity contribution in [2.24, 2.45) is 0 Å². The first-order valence-electron chi connectivity index (χ1n) is 6.28. The molecule has 0 amide bonds. The Hall–Kier alpha value is -2.00. The quantitative estimate of drug-likeness (QED) is 0.841. The monoisotopic (exact) mass is 312 g/mol. The molecule has 8 nitrogen and oxygen atoms in total. The molecule has 0 atom stereocenters. The zero-order valence-electron chi connectivity index (χ0n) is 12.0. The van der Waals surface area contributed by atoms with Gasteiger partial charge in [-0.15, -0.1) is 0 Å². The van der Waals surface area contributed by atoms with Gasteiger partial charge in [0.1, 0.15) is 10.6 Å². The maximum absolute atomic E-state index is 12.2. The third-order valence-electron chi connectivity index (χ3n) is 2.85. The maximum Gasteiger partial charge on any atom is 0.266 e. The highest BCUT2D eigenvalue weighted by Crippen LogP contribution is 2.18. The number of sulfonamides is 1. The molecule has 114 valence electrons. The number of hydrogen-bond acceptors (Lipinski definition) is 6. The minimum Gasteiger partial charge on any atom is -0.360 e. The first-order valence-corrected chi connectivity index (χ1v) is 7.77. The summed E-state index contributed by atoms with van der Waals surface area (Å²) in [5.41, 5.74) is 0.700. The van der Waals surface area contributed by atoms with Crippen LogP contribution >= 0.6 is 0 Å². The van der Waals surface area contributed by atoms with Gasteiger partial charge in [-0.2, -0.15) is 5.10 Å². The number of rotatable bonds is 5. The summed E-state index contributed by atoms with van der Waals surface area (Å²) >= 11 is 0. The lowest BCUT2D eigenvalue weighted by Gasteiger charge is -2.07. The van der Waals surface area contributed by atoms with E-state index in [4.69, 9.17) is 4.52 Å². The molecule has 0 saturated carbocycles. The van der Waals surface area contributed by atoms with Gasteiger partial charge in [0.15, 0.2) is 5.76 Å². The molecule has 2 aromatic heterocycles. The molecule has 9 heteroatoms. The molecule has 2 rings (SSSR count). The van der Waals surface area contributed by atoms with Crippen LogP contribution in [0.3, 0.4) is 0 Å². The lowest BCUT2D eigenvalue weighted by molar-refractivity contribution is 0.390. The molecule has 0 fully saturated rings. The van der Waals surface area contributed by atoms with E-state index in [1.165, 1.54) is 17.7 Å². The van der Waals surface area contributed by atoms with Crippen LogP contribution in [0.4, 0.5) is 0 Å². The summed E-state index contributed by atoms with van der Waals surface area (Å²) in [5.74, 6) is 0.228. The molecular formula is C12H16N4O4S. The van der Waals surface area contributed by atoms with Crippen molar-refractivity contribution in [2.45, 2.75) is 32.2 Å².